The van der Waals surface area contributed by atoms with Gasteiger partial charge in [0.25, 0.3) is 0 Å². The zero-order chi connectivity index (χ0) is 16.7. The van der Waals surface area contributed by atoms with Gasteiger partial charge in [0.1, 0.15) is 5.82 Å². The van der Waals surface area contributed by atoms with Gasteiger partial charge < -0.3 is 15.0 Å². The summed E-state index contributed by atoms with van der Waals surface area (Å²) in [4.78, 5) is 16.7. The number of carbonyl (C=O) groups is 1. The smallest absolute Gasteiger partial charge is 0.220 e. The van der Waals surface area contributed by atoms with Gasteiger partial charge in [-0.2, -0.15) is 0 Å². The Morgan fingerprint density at radius 2 is 2.00 bits per heavy atom. The number of aliphatic hydroxyl groups excluding tert-OH is 1. The fourth-order valence-corrected chi connectivity index (χ4v) is 4.38. The lowest BCUT2D eigenvalue weighted by Crippen LogP contribution is -2.35. The van der Waals surface area contributed by atoms with Crippen molar-refractivity contribution in [2.45, 2.75) is 63.1 Å². The van der Waals surface area contributed by atoms with Gasteiger partial charge >= 0.3 is 0 Å². The SMILES string of the molecule is O=C1CCCC(c2nc3cc(Br)ccc3n2C2CCC(O)CC2)N1. The Balaban J connectivity index is 1.79. The second-order valence-corrected chi connectivity index (χ2v) is 7.86. The molecular formula is C18H22BrN3O2. The maximum absolute atomic E-state index is 11.9. The summed E-state index contributed by atoms with van der Waals surface area (Å²) in [6.45, 7) is 0. The van der Waals surface area contributed by atoms with Gasteiger partial charge in [-0.1, -0.05) is 15.9 Å². The molecule has 2 fully saturated rings. The van der Waals surface area contributed by atoms with Gasteiger partial charge in [0.05, 0.1) is 23.2 Å². The fourth-order valence-electron chi connectivity index (χ4n) is 4.04. The fraction of sp³-hybridized carbons (Fsp3) is 0.556. The minimum Gasteiger partial charge on any atom is -0.393 e. The average Bonchev–Trinajstić information content (AvgIpc) is 2.94. The van der Waals surface area contributed by atoms with Crippen molar-refractivity contribution >= 4 is 32.9 Å². The second-order valence-electron chi connectivity index (χ2n) is 6.95. The van der Waals surface area contributed by atoms with Crippen LogP contribution in [0.15, 0.2) is 22.7 Å². The van der Waals surface area contributed by atoms with E-state index in [1.807, 2.05) is 12.1 Å². The van der Waals surface area contributed by atoms with Crippen LogP contribution >= 0.6 is 15.9 Å². The van der Waals surface area contributed by atoms with Crippen molar-refractivity contribution in [2.24, 2.45) is 0 Å². The molecule has 0 spiro atoms. The molecule has 1 unspecified atom stereocenters. The Labute approximate surface area is 149 Å². The molecule has 1 saturated heterocycles. The van der Waals surface area contributed by atoms with E-state index in [0.717, 1.165) is 59.9 Å². The molecule has 6 heteroatoms. The molecule has 1 aromatic heterocycles. The molecule has 2 aromatic rings. The zero-order valence-electron chi connectivity index (χ0n) is 13.5. The van der Waals surface area contributed by atoms with E-state index in [9.17, 15) is 9.90 Å². The van der Waals surface area contributed by atoms with E-state index in [2.05, 4.69) is 31.9 Å². The molecule has 1 aromatic carbocycles. The number of hydrogen-bond acceptors (Lipinski definition) is 3. The lowest BCUT2D eigenvalue weighted by molar-refractivity contribution is -0.123. The number of halogens is 1. The Morgan fingerprint density at radius 1 is 1.21 bits per heavy atom. The van der Waals surface area contributed by atoms with E-state index in [1.54, 1.807) is 0 Å². The molecule has 0 bridgehead atoms. The Kier molecular flexibility index (Phi) is 4.35. The van der Waals surface area contributed by atoms with Crippen LogP contribution in [0.5, 0.6) is 0 Å². The molecule has 4 rings (SSSR count). The van der Waals surface area contributed by atoms with E-state index in [4.69, 9.17) is 4.98 Å². The van der Waals surface area contributed by atoms with Gasteiger partial charge in [-0.3, -0.25) is 4.79 Å². The molecule has 2 N–H and O–H groups in total. The standard InChI is InChI=1S/C18H22BrN3O2/c19-11-4-9-16-15(10-11)21-18(14-2-1-3-17(24)20-14)22(16)12-5-7-13(23)8-6-12/h4,9-10,12-14,23H,1-3,5-8H2,(H,20,24). The number of aromatic nitrogens is 2. The summed E-state index contributed by atoms with van der Waals surface area (Å²) < 4.78 is 3.34. The van der Waals surface area contributed by atoms with Gasteiger partial charge in [-0.25, -0.2) is 4.98 Å². The topological polar surface area (TPSA) is 67.2 Å². The number of hydrogen-bond donors (Lipinski definition) is 2. The molecular weight excluding hydrogens is 370 g/mol. The summed E-state index contributed by atoms with van der Waals surface area (Å²) in [6, 6.07) is 6.52. The number of amides is 1. The quantitative estimate of drug-likeness (QED) is 0.821. The van der Waals surface area contributed by atoms with Crippen LogP contribution in [0, 0.1) is 0 Å². The first-order valence-electron chi connectivity index (χ1n) is 8.76. The maximum atomic E-state index is 11.9. The third kappa shape index (κ3) is 2.97. The lowest BCUT2D eigenvalue weighted by atomic mass is 9.92. The summed E-state index contributed by atoms with van der Waals surface area (Å²) in [5.41, 5.74) is 2.08. The van der Waals surface area contributed by atoms with Crippen molar-refractivity contribution in [1.29, 1.82) is 0 Å². The minimum atomic E-state index is -0.178. The summed E-state index contributed by atoms with van der Waals surface area (Å²) in [5.74, 6) is 1.09. The van der Waals surface area contributed by atoms with Crippen molar-refractivity contribution in [1.82, 2.24) is 14.9 Å². The normalized spacial score (nSPS) is 28.1. The van der Waals surface area contributed by atoms with Crippen LogP contribution in [-0.4, -0.2) is 26.7 Å². The van der Waals surface area contributed by atoms with E-state index in [1.165, 1.54) is 0 Å². The van der Waals surface area contributed by atoms with Crippen molar-refractivity contribution in [3.63, 3.8) is 0 Å². The minimum absolute atomic E-state index is 0.00993. The van der Waals surface area contributed by atoms with Gasteiger partial charge in [-0.15, -0.1) is 0 Å². The first-order valence-corrected chi connectivity index (χ1v) is 9.56. The molecule has 1 saturated carbocycles. The van der Waals surface area contributed by atoms with Crippen LogP contribution in [0.25, 0.3) is 11.0 Å². The molecule has 1 amide bonds. The third-order valence-electron chi connectivity index (χ3n) is 5.25. The van der Waals surface area contributed by atoms with Gasteiger partial charge in [0.15, 0.2) is 0 Å². The van der Waals surface area contributed by atoms with Crippen molar-refractivity contribution in [2.75, 3.05) is 0 Å². The van der Waals surface area contributed by atoms with Crippen LogP contribution in [0.2, 0.25) is 0 Å². The maximum Gasteiger partial charge on any atom is 0.220 e. The van der Waals surface area contributed by atoms with E-state index >= 15 is 0 Å². The number of nitrogens with one attached hydrogen (secondary N) is 1. The highest BCUT2D eigenvalue weighted by Gasteiger charge is 2.30. The number of carbonyl (C=O) groups excluding carboxylic acids is 1. The Bertz CT molecular complexity index is 765. The number of fused-ring (bicyclic) bond motifs is 1. The molecule has 128 valence electrons. The summed E-state index contributed by atoms with van der Waals surface area (Å²) in [5, 5.41) is 13.0. The Morgan fingerprint density at radius 3 is 2.75 bits per heavy atom. The molecule has 1 aliphatic heterocycles. The van der Waals surface area contributed by atoms with Gasteiger partial charge in [0.2, 0.25) is 5.91 Å². The predicted octanol–water partition coefficient (Wildman–Crippen LogP) is 3.62. The van der Waals surface area contributed by atoms with Crippen LogP contribution in [0.1, 0.15) is 62.9 Å². The monoisotopic (exact) mass is 391 g/mol. The number of imidazole rings is 1. The number of nitrogens with zero attached hydrogens (tertiary/aromatic N) is 2. The van der Waals surface area contributed by atoms with Crippen LogP contribution in [0.3, 0.4) is 0 Å². The molecule has 1 atom stereocenters. The van der Waals surface area contributed by atoms with Crippen molar-refractivity contribution < 1.29 is 9.90 Å². The van der Waals surface area contributed by atoms with Crippen LogP contribution < -0.4 is 5.32 Å². The van der Waals surface area contributed by atoms with Gasteiger partial charge in [-0.05, 0) is 56.7 Å². The summed E-state index contributed by atoms with van der Waals surface area (Å²) >= 11 is 3.52. The summed E-state index contributed by atoms with van der Waals surface area (Å²) in [7, 11) is 0. The third-order valence-corrected chi connectivity index (χ3v) is 5.75. The molecule has 1 aliphatic carbocycles. The molecule has 24 heavy (non-hydrogen) atoms. The Hall–Kier alpha value is -1.40. The highest BCUT2D eigenvalue weighted by atomic mass is 79.9. The van der Waals surface area contributed by atoms with Crippen molar-refractivity contribution in [3.8, 4) is 0 Å². The molecule has 5 nitrogen and oxygen atoms in total. The summed E-state index contributed by atoms with van der Waals surface area (Å²) in [6.07, 6.45) is 5.85. The second kappa shape index (κ2) is 6.48. The number of benzene rings is 1. The van der Waals surface area contributed by atoms with E-state index in [-0.39, 0.29) is 18.1 Å². The number of aliphatic hydroxyl groups is 1. The first kappa shape index (κ1) is 16.1. The highest BCUT2D eigenvalue weighted by molar-refractivity contribution is 9.10. The average molecular weight is 392 g/mol. The van der Waals surface area contributed by atoms with Crippen LogP contribution in [-0.2, 0) is 4.79 Å². The molecule has 0 radical (unpaired) electrons. The van der Waals surface area contributed by atoms with Crippen molar-refractivity contribution in [3.05, 3.63) is 28.5 Å². The zero-order valence-corrected chi connectivity index (χ0v) is 15.1. The highest BCUT2D eigenvalue weighted by Crippen LogP contribution is 2.36. The molecule has 2 aliphatic rings. The lowest BCUT2D eigenvalue weighted by Gasteiger charge is -2.31. The first-order chi connectivity index (χ1) is 11.6. The van der Waals surface area contributed by atoms with E-state index in [0.29, 0.717) is 12.5 Å². The largest absolute Gasteiger partial charge is 0.393 e. The van der Waals surface area contributed by atoms with E-state index < -0.39 is 0 Å². The van der Waals surface area contributed by atoms with Gasteiger partial charge in [0, 0.05) is 16.9 Å². The number of piperidine rings is 1. The predicted molar refractivity (Wildman–Crippen MR) is 95.7 cm³/mol. The number of rotatable bonds is 2. The molecule has 2 heterocycles. The van der Waals surface area contributed by atoms with Crippen LogP contribution in [0.4, 0.5) is 0 Å².